The highest BCUT2D eigenvalue weighted by molar-refractivity contribution is 6.03. The van der Waals surface area contributed by atoms with Crippen LogP contribution in [0.3, 0.4) is 0 Å². The highest BCUT2D eigenvalue weighted by Crippen LogP contribution is 2.43. The van der Waals surface area contributed by atoms with Gasteiger partial charge in [0.05, 0.1) is 20.6 Å². The molecular weight excluding hydrogens is 458 g/mol. The minimum Gasteiger partial charge on any atom is -0.497 e. The number of nitrogens with zero attached hydrogens (tertiary/aromatic N) is 3. The average molecular weight is 488 g/mol. The summed E-state index contributed by atoms with van der Waals surface area (Å²) in [4.78, 5) is 22.8. The number of aromatic nitrogens is 2. The Bertz CT molecular complexity index is 1320. The summed E-state index contributed by atoms with van der Waals surface area (Å²) in [6.07, 6.45) is 3.91. The SMILES string of the molecule is COC(=O)CCN1CCC[C@H]1COc1ncnc2oc(-c3ccccc3)c(-c3ccc(OC)cc3)c12. The quantitative estimate of drug-likeness (QED) is 0.306. The zero-order valence-electron chi connectivity index (χ0n) is 20.5. The lowest BCUT2D eigenvalue weighted by molar-refractivity contribution is -0.141. The normalized spacial score (nSPS) is 15.8. The van der Waals surface area contributed by atoms with E-state index in [9.17, 15) is 4.79 Å². The van der Waals surface area contributed by atoms with Crippen LogP contribution in [0.25, 0.3) is 33.6 Å². The summed E-state index contributed by atoms with van der Waals surface area (Å²) < 4.78 is 22.8. The molecular formula is C28H29N3O5. The van der Waals surface area contributed by atoms with E-state index in [1.54, 1.807) is 7.11 Å². The number of hydrogen-bond acceptors (Lipinski definition) is 8. The predicted octanol–water partition coefficient (Wildman–Crippen LogP) is 4.97. The number of furan rings is 1. The van der Waals surface area contributed by atoms with Gasteiger partial charge in [-0.05, 0) is 37.1 Å². The molecule has 36 heavy (non-hydrogen) atoms. The Labute approximate surface area is 209 Å². The minimum absolute atomic E-state index is 0.199. The van der Waals surface area contributed by atoms with Crippen LogP contribution in [-0.4, -0.2) is 60.8 Å². The van der Waals surface area contributed by atoms with Crippen molar-refractivity contribution in [2.45, 2.75) is 25.3 Å². The molecule has 186 valence electrons. The molecule has 0 radical (unpaired) electrons. The van der Waals surface area contributed by atoms with Gasteiger partial charge in [-0.25, -0.2) is 9.97 Å². The maximum absolute atomic E-state index is 11.6. The van der Waals surface area contributed by atoms with Crippen LogP contribution in [0.15, 0.2) is 65.3 Å². The van der Waals surface area contributed by atoms with Crippen molar-refractivity contribution in [2.75, 3.05) is 33.9 Å². The van der Waals surface area contributed by atoms with Crippen molar-refractivity contribution >= 4 is 17.1 Å². The number of carbonyl (C=O) groups excluding carboxylic acids is 1. The standard InChI is InChI=1S/C28H29N3O5/c1-33-22-12-10-19(11-13-22)24-25-27(35-17-21-9-6-15-31(21)16-14-23(32)34-2)29-18-30-28(25)36-26(24)20-7-4-3-5-8-20/h3-5,7-8,10-13,18,21H,6,9,14-17H2,1-2H3/t21-/m0/s1. The van der Waals surface area contributed by atoms with E-state index in [1.165, 1.54) is 13.4 Å². The summed E-state index contributed by atoms with van der Waals surface area (Å²) in [7, 11) is 3.07. The third-order valence-electron chi connectivity index (χ3n) is 6.61. The Hall–Kier alpha value is -3.91. The molecule has 0 bridgehead atoms. The van der Waals surface area contributed by atoms with E-state index in [1.807, 2.05) is 54.6 Å². The highest BCUT2D eigenvalue weighted by Gasteiger charge is 2.27. The Morgan fingerprint density at radius 3 is 2.61 bits per heavy atom. The second-order valence-corrected chi connectivity index (χ2v) is 8.73. The monoisotopic (exact) mass is 487 g/mol. The average Bonchev–Trinajstić information content (AvgIpc) is 3.55. The first kappa shape index (κ1) is 23.8. The van der Waals surface area contributed by atoms with Gasteiger partial charge in [0.1, 0.15) is 29.8 Å². The third-order valence-corrected chi connectivity index (χ3v) is 6.61. The van der Waals surface area contributed by atoms with Crippen molar-refractivity contribution < 1.29 is 23.4 Å². The Balaban J connectivity index is 1.49. The number of rotatable bonds is 9. The number of ether oxygens (including phenoxy) is 3. The number of methoxy groups -OCH3 is 2. The molecule has 0 N–H and O–H groups in total. The van der Waals surface area contributed by atoms with Crippen LogP contribution in [0.5, 0.6) is 11.6 Å². The Kier molecular flexibility index (Phi) is 7.13. The highest BCUT2D eigenvalue weighted by atomic mass is 16.5. The first-order valence-electron chi connectivity index (χ1n) is 12.1. The molecule has 0 aliphatic carbocycles. The molecule has 8 nitrogen and oxygen atoms in total. The molecule has 0 saturated carbocycles. The molecule has 1 aliphatic heterocycles. The van der Waals surface area contributed by atoms with Crippen LogP contribution in [0.4, 0.5) is 0 Å². The van der Waals surface area contributed by atoms with Gasteiger partial charge >= 0.3 is 5.97 Å². The lowest BCUT2D eigenvalue weighted by Crippen LogP contribution is -2.35. The Morgan fingerprint density at radius 2 is 1.86 bits per heavy atom. The van der Waals surface area contributed by atoms with E-state index in [0.717, 1.165) is 47.2 Å². The maximum Gasteiger partial charge on any atom is 0.306 e. The van der Waals surface area contributed by atoms with Crippen LogP contribution < -0.4 is 9.47 Å². The summed E-state index contributed by atoms with van der Waals surface area (Å²) >= 11 is 0. The van der Waals surface area contributed by atoms with E-state index < -0.39 is 0 Å². The first-order valence-corrected chi connectivity index (χ1v) is 12.1. The molecule has 1 aliphatic rings. The summed E-state index contributed by atoms with van der Waals surface area (Å²) in [6, 6.07) is 18.0. The fourth-order valence-corrected chi connectivity index (χ4v) is 4.73. The maximum atomic E-state index is 11.6. The van der Waals surface area contributed by atoms with Gasteiger partial charge in [-0.1, -0.05) is 42.5 Å². The molecule has 0 spiro atoms. The molecule has 0 amide bonds. The molecule has 1 fully saturated rings. The van der Waals surface area contributed by atoms with Crippen LogP contribution >= 0.6 is 0 Å². The minimum atomic E-state index is -0.199. The second-order valence-electron chi connectivity index (χ2n) is 8.73. The topological polar surface area (TPSA) is 86.9 Å². The van der Waals surface area contributed by atoms with Crippen molar-refractivity contribution in [1.82, 2.24) is 14.9 Å². The van der Waals surface area contributed by atoms with Gasteiger partial charge in [0.25, 0.3) is 0 Å². The van der Waals surface area contributed by atoms with Crippen LogP contribution in [0.2, 0.25) is 0 Å². The molecule has 1 atom stereocenters. The fourth-order valence-electron chi connectivity index (χ4n) is 4.73. The molecule has 2 aromatic carbocycles. The molecule has 8 heteroatoms. The van der Waals surface area contributed by atoms with Gasteiger partial charge in [-0.15, -0.1) is 0 Å². The van der Waals surface area contributed by atoms with Crippen LogP contribution in [0, 0.1) is 0 Å². The van der Waals surface area contributed by atoms with E-state index in [0.29, 0.717) is 36.9 Å². The van der Waals surface area contributed by atoms with Crippen molar-refractivity contribution in [2.24, 2.45) is 0 Å². The number of fused-ring (bicyclic) bond motifs is 1. The fraction of sp³-hybridized carbons (Fsp3) is 0.321. The number of hydrogen-bond donors (Lipinski definition) is 0. The smallest absolute Gasteiger partial charge is 0.306 e. The third kappa shape index (κ3) is 4.90. The van der Waals surface area contributed by atoms with Crippen LogP contribution in [-0.2, 0) is 9.53 Å². The first-order chi connectivity index (χ1) is 17.7. The van der Waals surface area contributed by atoms with Crippen molar-refractivity contribution in [3.8, 4) is 34.1 Å². The van der Waals surface area contributed by atoms with Gasteiger partial charge < -0.3 is 18.6 Å². The molecule has 5 rings (SSSR count). The van der Waals surface area contributed by atoms with E-state index in [4.69, 9.17) is 18.6 Å². The zero-order valence-corrected chi connectivity index (χ0v) is 20.5. The second kappa shape index (κ2) is 10.8. The summed E-state index contributed by atoms with van der Waals surface area (Å²) in [6.45, 7) is 2.05. The predicted molar refractivity (Wildman–Crippen MR) is 136 cm³/mol. The molecule has 1 saturated heterocycles. The van der Waals surface area contributed by atoms with Gasteiger partial charge in [0.15, 0.2) is 0 Å². The summed E-state index contributed by atoms with van der Waals surface area (Å²) in [5.41, 5.74) is 3.24. The number of likely N-dealkylation sites (tertiary alicyclic amines) is 1. The van der Waals surface area contributed by atoms with Crippen molar-refractivity contribution in [3.63, 3.8) is 0 Å². The summed E-state index contributed by atoms with van der Waals surface area (Å²) in [5, 5.41) is 0.737. The molecule has 2 aromatic heterocycles. The molecule has 3 heterocycles. The lowest BCUT2D eigenvalue weighted by Gasteiger charge is -2.23. The zero-order chi connectivity index (χ0) is 24.9. The van der Waals surface area contributed by atoms with Gasteiger partial charge in [0, 0.05) is 23.7 Å². The Morgan fingerprint density at radius 1 is 1.06 bits per heavy atom. The van der Waals surface area contributed by atoms with Crippen molar-refractivity contribution in [1.29, 1.82) is 0 Å². The number of carbonyl (C=O) groups is 1. The largest absolute Gasteiger partial charge is 0.497 e. The molecule has 4 aromatic rings. The number of benzene rings is 2. The summed E-state index contributed by atoms with van der Waals surface area (Å²) in [5.74, 6) is 1.77. The lowest BCUT2D eigenvalue weighted by atomic mass is 9.99. The van der Waals surface area contributed by atoms with Crippen LogP contribution in [0.1, 0.15) is 19.3 Å². The number of esters is 1. The van der Waals surface area contributed by atoms with Gasteiger partial charge in [0.2, 0.25) is 11.6 Å². The van der Waals surface area contributed by atoms with E-state index >= 15 is 0 Å². The van der Waals surface area contributed by atoms with Crippen molar-refractivity contribution in [3.05, 3.63) is 60.9 Å². The van der Waals surface area contributed by atoms with Gasteiger partial charge in [-0.3, -0.25) is 9.69 Å². The van der Waals surface area contributed by atoms with Gasteiger partial charge in [-0.2, -0.15) is 0 Å². The molecule has 0 unspecified atom stereocenters. The van der Waals surface area contributed by atoms with E-state index in [2.05, 4.69) is 14.9 Å². The van der Waals surface area contributed by atoms with E-state index in [-0.39, 0.29) is 12.0 Å².